The summed E-state index contributed by atoms with van der Waals surface area (Å²) in [4.78, 5) is 12.0. The molecule has 0 amide bonds. The molecule has 0 saturated carbocycles. The van der Waals surface area contributed by atoms with Crippen molar-refractivity contribution >= 4 is 5.78 Å². The van der Waals surface area contributed by atoms with E-state index in [0.717, 1.165) is 0 Å². The predicted molar refractivity (Wildman–Crippen MR) is 55.0 cm³/mol. The van der Waals surface area contributed by atoms with Crippen LogP contribution in [0.2, 0.25) is 0 Å². The van der Waals surface area contributed by atoms with E-state index in [4.69, 9.17) is 5.84 Å². The van der Waals surface area contributed by atoms with Gasteiger partial charge >= 0.3 is 0 Å². The van der Waals surface area contributed by atoms with E-state index in [0.29, 0.717) is 5.92 Å². The molecule has 0 unspecified atom stereocenters. The zero-order valence-corrected chi connectivity index (χ0v) is 9.56. The molecule has 0 fully saturated rings. The predicted octanol–water partition coefficient (Wildman–Crippen LogP) is 1.48. The van der Waals surface area contributed by atoms with Crippen LogP contribution < -0.4 is 11.3 Å². The Kier molecular flexibility index (Phi) is 3.64. The average Bonchev–Trinajstić information content (AvgIpc) is 2.02. The van der Waals surface area contributed by atoms with E-state index in [1.165, 1.54) is 0 Å². The molecular weight excluding hydrogens is 164 g/mol. The Balaban J connectivity index is 4.79. The van der Waals surface area contributed by atoms with Gasteiger partial charge in [-0.15, -0.1) is 0 Å². The third kappa shape index (κ3) is 2.51. The molecule has 0 rings (SSSR count). The normalized spacial score (nSPS) is 13.5. The number of hydrazine groups is 1. The second kappa shape index (κ2) is 3.76. The van der Waals surface area contributed by atoms with Crippen LogP contribution in [0.5, 0.6) is 0 Å². The fourth-order valence-electron chi connectivity index (χ4n) is 1.13. The number of nitrogens with one attached hydrogen (secondary N) is 1. The summed E-state index contributed by atoms with van der Waals surface area (Å²) in [5, 5.41) is 0. The summed E-state index contributed by atoms with van der Waals surface area (Å²) in [6, 6.07) is 0. The molecular formula is C10H22N2O. The maximum Gasteiger partial charge on any atom is 0.159 e. The van der Waals surface area contributed by atoms with Crippen LogP contribution >= 0.6 is 0 Å². The lowest BCUT2D eigenvalue weighted by Crippen LogP contribution is -2.56. The number of rotatable bonds is 4. The Bertz CT molecular complexity index is 195. The number of Topliss-reactive ketones (excluding diaryl/α,β-unsaturated/α-hetero) is 1. The molecule has 13 heavy (non-hydrogen) atoms. The van der Waals surface area contributed by atoms with Gasteiger partial charge in [-0.3, -0.25) is 10.6 Å². The van der Waals surface area contributed by atoms with Crippen molar-refractivity contribution in [3.63, 3.8) is 0 Å². The quantitative estimate of drug-likeness (QED) is 0.516. The number of ketones is 1. The third-order valence-corrected chi connectivity index (χ3v) is 2.96. The van der Waals surface area contributed by atoms with E-state index >= 15 is 0 Å². The van der Waals surface area contributed by atoms with Crippen LogP contribution in [0.1, 0.15) is 41.5 Å². The van der Waals surface area contributed by atoms with Crippen molar-refractivity contribution in [1.29, 1.82) is 0 Å². The van der Waals surface area contributed by atoms with E-state index in [1.54, 1.807) is 13.8 Å². The Hall–Kier alpha value is -0.410. The smallest absolute Gasteiger partial charge is 0.159 e. The molecule has 0 radical (unpaired) electrons. The monoisotopic (exact) mass is 186 g/mol. The summed E-state index contributed by atoms with van der Waals surface area (Å²) in [7, 11) is 0. The second-order valence-corrected chi connectivity index (χ2v) is 4.97. The van der Waals surface area contributed by atoms with Gasteiger partial charge in [0.2, 0.25) is 0 Å². The van der Waals surface area contributed by atoms with Gasteiger partial charge in [-0.05, 0) is 19.8 Å². The molecule has 3 nitrogen and oxygen atoms in total. The molecule has 3 heteroatoms. The minimum absolute atomic E-state index is 0.150. The van der Waals surface area contributed by atoms with Gasteiger partial charge < -0.3 is 0 Å². The van der Waals surface area contributed by atoms with Gasteiger partial charge in [0.1, 0.15) is 0 Å². The van der Waals surface area contributed by atoms with Crippen molar-refractivity contribution < 1.29 is 4.79 Å². The first-order valence-electron chi connectivity index (χ1n) is 4.69. The van der Waals surface area contributed by atoms with E-state index in [9.17, 15) is 4.79 Å². The molecule has 0 saturated heterocycles. The number of nitrogens with two attached hydrogens (primary N) is 1. The highest BCUT2D eigenvalue weighted by Gasteiger charge is 2.40. The van der Waals surface area contributed by atoms with Gasteiger partial charge in [0.25, 0.3) is 0 Å². The topological polar surface area (TPSA) is 55.1 Å². The SMILES string of the molecule is CC(C)C(C)(C)C(=O)C(C)(C)NN. The highest BCUT2D eigenvalue weighted by atomic mass is 16.1. The molecule has 3 N–H and O–H groups in total. The fourth-order valence-corrected chi connectivity index (χ4v) is 1.13. The Labute approximate surface area is 81.0 Å². The minimum atomic E-state index is -0.645. The van der Waals surface area contributed by atoms with Crippen molar-refractivity contribution in [3.8, 4) is 0 Å². The highest BCUT2D eigenvalue weighted by Crippen LogP contribution is 2.31. The maximum absolute atomic E-state index is 12.0. The van der Waals surface area contributed by atoms with Crippen LogP contribution in [-0.2, 0) is 4.79 Å². The molecule has 0 bridgehead atoms. The van der Waals surface area contributed by atoms with E-state index in [2.05, 4.69) is 5.43 Å². The van der Waals surface area contributed by atoms with Crippen LogP contribution in [0, 0.1) is 11.3 Å². The molecule has 0 aromatic carbocycles. The number of hydrogen-bond acceptors (Lipinski definition) is 3. The van der Waals surface area contributed by atoms with E-state index < -0.39 is 5.54 Å². The molecule has 0 aliphatic rings. The first kappa shape index (κ1) is 12.6. The molecule has 0 aromatic heterocycles. The molecule has 0 aliphatic heterocycles. The van der Waals surface area contributed by atoms with Crippen molar-refractivity contribution in [2.24, 2.45) is 17.2 Å². The minimum Gasteiger partial charge on any atom is -0.297 e. The van der Waals surface area contributed by atoms with Crippen LogP contribution in [0.15, 0.2) is 0 Å². The Morgan fingerprint density at radius 3 is 1.85 bits per heavy atom. The Morgan fingerprint density at radius 1 is 1.23 bits per heavy atom. The van der Waals surface area contributed by atoms with Crippen molar-refractivity contribution in [1.82, 2.24) is 5.43 Å². The standard InChI is InChI=1S/C10H22N2O/c1-7(2)9(3,4)8(13)10(5,6)12-11/h7,12H,11H2,1-6H3. The lowest BCUT2D eigenvalue weighted by Gasteiger charge is -2.35. The molecule has 0 spiro atoms. The van der Waals surface area contributed by atoms with Gasteiger partial charge in [-0.1, -0.05) is 27.7 Å². The van der Waals surface area contributed by atoms with E-state index in [-0.39, 0.29) is 11.2 Å². The summed E-state index contributed by atoms with van der Waals surface area (Å²) in [5.41, 5.74) is 1.57. The van der Waals surface area contributed by atoms with Gasteiger partial charge in [-0.25, -0.2) is 5.43 Å². The molecule has 78 valence electrons. The van der Waals surface area contributed by atoms with Crippen molar-refractivity contribution in [2.45, 2.75) is 47.1 Å². The van der Waals surface area contributed by atoms with Gasteiger partial charge in [0, 0.05) is 5.41 Å². The second-order valence-electron chi connectivity index (χ2n) is 4.97. The zero-order valence-electron chi connectivity index (χ0n) is 9.56. The third-order valence-electron chi connectivity index (χ3n) is 2.96. The maximum atomic E-state index is 12.0. The summed E-state index contributed by atoms with van der Waals surface area (Å²) in [6.45, 7) is 11.6. The van der Waals surface area contributed by atoms with Crippen LogP contribution in [0.3, 0.4) is 0 Å². The Morgan fingerprint density at radius 2 is 1.62 bits per heavy atom. The van der Waals surface area contributed by atoms with Gasteiger partial charge in [-0.2, -0.15) is 0 Å². The first-order valence-corrected chi connectivity index (χ1v) is 4.69. The van der Waals surface area contributed by atoms with E-state index in [1.807, 2.05) is 27.7 Å². The number of carbonyl (C=O) groups excluding carboxylic acids is 1. The van der Waals surface area contributed by atoms with Gasteiger partial charge in [0.15, 0.2) is 5.78 Å². The number of carbonyl (C=O) groups is 1. The average molecular weight is 186 g/mol. The summed E-state index contributed by atoms with van der Waals surface area (Å²) in [6.07, 6.45) is 0. The highest BCUT2D eigenvalue weighted by molar-refractivity contribution is 5.92. The lowest BCUT2D eigenvalue weighted by molar-refractivity contribution is -0.135. The molecule has 0 heterocycles. The summed E-state index contributed by atoms with van der Waals surface area (Å²) in [5.74, 6) is 5.80. The molecule has 0 aliphatic carbocycles. The van der Waals surface area contributed by atoms with Crippen molar-refractivity contribution in [2.75, 3.05) is 0 Å². The van der Waals surface area contributed by atoms with Crippen LogP contribution in [0.25, 0.3) is 0 Å². The molecule has 0 aromatic rings. The van der Waals surface area contributed by atoms with Crippen LogP contribution in [-0.4, -0.2) is 11.3 Å². The number of hydrogen-bond donors (Lipinski definition) is 2. The fraction of sp³-hybridized carbons (Fsp3) is 0.900. The zero-order chi connectivity index (χ0) is 10.9. The summed E-state index contributed by atoms with van der Waals surface area (Å²) >= 11 is 0. The van der Waals surface area contributed by atoms with Crippen LogP contribution in [0.4, 0.5) is 0 Å². The summed E-state index contributed by atoms with van der Waals surface area (Å²) < 4.78 is 0. The molecule has 0 atom stereocenters. The largest absolute Gasteiger partial charge is 0.297 e. The van der Waals surface area contributed by atoms with Gasteiger partial charge in [0.05, 0.1) is 5.54 Å². The first-order chi connectivity index (χ1) is 5.66. The van der Waals surface area contributed by atoms with Crippen molar-refractivity contribution in [3.05, 3.63) is 0 Å². The lowest BCUT2D eigenvalue weighted by atomic mass is 9.71.